The number of aromatic nitrogens is 2. The Hall–Kier alpha value is -1.80. The molecule has 0 atom stereocenters. The van der Waals surface area contributed by atoms with Crippen LogP contribution in [0.1, 0.15) is 21.2 Å². The molecule has 3 nitrogen and oxygen atoms in total. The van der Waals surface area contributed by atoms with E-state index in [-0.39, 0.29) is 11.2 Å². The van der Waals surface area contributed by atoms with Crippen molar-refractivity contribution in [1.82, 2.24) is 9.97 Å². The second kappa shape index (κ2) is 4.64. The summed E-state index contributed by atoms with van der Waals surface area (Å²) in [6.45, 7) is 0. The SMILES string of the molecule is O=C(c1cccs1)c1nc(C(F)(F)F)nc2ccsc12. The molecule has 0 spiro atoms. The molecule has 0 aliphatic carbocycles. The Morgan fingerprint density at radius 1 is 1.10 bits per heavy atom. The minimum Gasteiger partial charge on any atom is -0.286 e. The van der Waals surface area contributed by atoms with E-state index in [0.717, 1.165) is 22.7 Å². The number of carbonyl (C=O) groups is 1. The van der Waals surface area contributed by atoms with Gasteiger partial charge < -0.3 is 0 Å². The molecule has 0 aliphatic heterocycles. The van der Waals surface area contributed by atoms with E-state index in [4.69, 9.17) is 0 Å². The van der Waals surface area contributed by atoms with Crippen LogP contribution in [0.3, 0.4) is 0 Å². The Balaban J connectivity index is 2.23. The topological polar surface area (TPSA) is 42.9 Å². The van der Waals surface area contributed by atoms with Crippen LogP contribution in [0.5, 0.6) is 0 Å². The van der Waals surface area contributed by atoms with Gasteiger partial charge in [0, 0.05) is 0 Å². The van der Waals surface area contributed by atoms with Crippen molar-refractivity contribution in [2.75, 3.05) is 0 Å². The predicted molar refractivity (Wildman–Crippen MR) is 70.2 cm³/mol. The fraction of sp³-hybridized carbons (Fsp3) is 0.0833. The number of ketones is 1. The van der Waals surface area contributed by atoms with Gasteiger partial charge >= 0.3 is 6.18 Å². The molecule has 0 saturated carbocycles. The van der Waals surface area contributed by atoms with Crippen molar-refractivity contribution in [2.24, 2.45) is 0 Å². The summed E-state index contributed by atoms with van der Waals surface area (Å²) in [4.78, 5) is 19.5. The Kier molecular flexibility index (Phi) is 3.06. The van der Waals surface area contributed by atoms with Crippen LogP contribution in [-0.4, -0.2) is 15.8 Å². The van der Waals surface area contributed by atoms with Crippen LogP contribution in [-0.2, 0) is 6.18 Å². The van der Waals surface area contributed by atoms with Crippen molar-refractivity contribution in [3.63, 3.8) is 0 Å². The van der Waals surface area contributed by atoms with Gasteiger partial charge in [-0.2, -0.15) is 13.2 Å². The standard InChI is InChI=1S/C12H5F3N2OS2/c13-12(14,15)11-16-6-3-5-20-10(6)8(17-11)9(18)7-2-1-4-19-7/h1-5H. The molecule has 0 bridgehead atoms. The zero-order valence-electron chi connectivity index (χ0n) is 9.64. The third kappa shape index (κ3) is 2.20. The third-order valence-electron chi connectivity index (χ3n) is 2.52. The average molecular weight is 314 g/mol. The van der Waals surface area contributed by atoms with Crippen molar-refractivity contribution in [3.05, 3.63) is 45.4 Å². The van der Waals surface area contributed by atoms with Gasteiger partial charge in [0.1, 0.15) is 5.69 Å². The number of thiophene rings is 2. The first-order valence-electron chi connectivity index (χ1n) is 5.37. The van der Waals surface area contributed by atoms with Crippen LogP contribution < -0.4 is 0 Å². The fourth-order valence-electron chi connectivity index (χ4n) is 1.67. The monoisotopic (exact) mass is 314 g/mol. The Morgan fingerprint density at radius 3 is 2.55 bits per heavy atom. The molecule has 0 aliphatic rings. The van der Waals surface area contributed by atoms with Crippen LogP contribution in [0.2, 0.25) is 0 Å². The molecule has 0 N–H and O–H groups in total. The molecule has 3 aromatic rings. The highest BCUT2D eigenvalue weighted by Gasteiger charge is 2.36. The van der Waals surface area contributed by atoms with Gasteiger partial charge in [-0.15, -0.1) is 22.7 Å². The summed E-state index contributed by atoms with van der Waals surface area (Å²) in [7, 11) is 0. The van der Waals surface area contributed by atoms with Gasteiger partial charge in [-0.25, -0.2) is 9.97 Å². The number of hydrogen-bond acceptors (Lipinski definition) is 5. The Morgan fingerprint density at radius 2 is 1.90 bits per heavy atom. The average Bonchev–Trinajstić information content (AvgIpc) is 3.06. The zero-order valence-corrected chi connectivity index (χ0v) is 11.3. The van der Waals surface area contributed by atoms with E-state index >= 15 is 0 Å². The van der Waals surface area contributed by atoms with Gasteiger partial charge in [-0.1, -0.05) is 6.07 Å². The normalized spacial score (nSPS) is 11.9. The minimum absolute atomic E-state index is 0.136. The molecule has 0 radical (unpaired) electrons. The molecule has 0 unspecified atom stereocenters. The molecular formula is C12H5F3N2OS2. The van der Waals surface area contributed by atoms with Gasteiger partial charge in [-0.3, -0.25) is 4.79 Å². The van der Waals surface area contributed by atoms with Gasteiger partial charge in [0.25, 0.3) is 0 Å². The molecule has 3 rings (SSSR count). The van der Waals surface area contributed by atoms with E-state index in [9.17, 15) is 18.0 Å². The number of halogens is 3. The molecule has 3 aromatic heterocycles. The highest BCUT2D eigenvalue weighted by atomic mass is 32.1. The summed E-state index contributed by atoms with van der Waals surface area (Å²) in [5.74, 6) is -1.80. The lowest BCUT2D eigenvalue weighted by Gasteiger charge is -2.07. The lowest BCUT2D eigenvalue weighted by atomic mass is 10.2. The summed E-state index contributed by atoms with van der Waals surface area (Å²) in [5.41, 5.74) is -0.0583. The van der Waals surface area contributed by atoms with E-state index in [1.807, 2.05) is 0 Å². The summed E-state index contributed by atoms with van der Waals surface area (Å²) in [5, 5.41) is 3.27. The highest BCUT2D eigenvalue weighted by Crippen LogP contribution is 2.31. The number of hydrogen-bond donors (Lipinski definition) is 0. The number of nitrogens with zero attached hydrogens (tertiary/aromatic N) is 2. The Bertz CT molecular complexity index is 778. The first-order chi connectivity index (χ1) is 9.47. The molecule has 3 heterocycles. The quantitative estimate of drug-likeness (QED) is 0.671. The molecule has 102 valence electrons. The summed E-state index contributed by atoms with van der Waals surface area (Å²) in [6, 6.07) is 4.67. The number of alkyl halides is 3. The first-order valence-corrected chi connectivity index (χ1v) is 7.13. The van der Waals surface area contributed by atoms with Crippen molar-refractivity contribution in [3.8, 4) is 0 Å². The van der Waals surface area contributed by atoms with Crippen molar-refractivity contribution < 1.29 is 18.0 Å². The maximum Gasteiger partial charge on any atom is 0.451 e. The van der Waals surface area contributed by atoms with Gasteiger partial charge in [0.05, 0.1) is 15.1 Å². The molecule has 20 heavy (non-hydrogen) atoms. The lowest BCUT2D eigenvalue weighted by molar-refractivity contribution is -0.144. The maximum atomic E-state index is 12.8. The molecule has 8 heteroatoms. The first kappa shape index (κ1) is 13.2. The van der Waals surface area contributed by atoms with Gasteiger partial charge in [0.2, 0.25) is 11.6 Å². The maximum absolute atomic E-state index is 12.8. The second-order valence-electron chi connectivity index (χ2n) is 3.83. The van der Waals surface area contributed by atoms with E-state index in [2.05, 4.69) is 9.97 Å². The van der Waals surface area contributed by atoms with Crippen molar-refractivity contribution in [2.45, 2.75) is 6.18 Å². The van der Waals surface area contributed by atoms with Crippen LogP contribution in [0.4, 0.5) is 13.2 Å². The van der Waals surface area contributed by atoms with Crippen LogP contribution in [0, 0.1) is 0 Å². The summed E-state index contributed by atoms with van der Waals surface area (Å²) >= 11 is 2.31. The van der Waals surface area contributed by atoms with E-state index in [1.54, 1.807) is 22.9 Å². The van der Waals surface area contributed by atoms with Crippen molar-refractivity contribution >= 4 is 38.7 Å². The number of rotatable bonds is 2. The third-order valence-corrected chi connectivity index (χ3v) is 4.30. The van der Waals surface area contributed by atoms with Gasteiger partial charge in [0.15, 0.2) is 0 Å². The minimum atomic E-state index is -4.68. The highest BCUT2D eigenvalue weighted by molar-refractivity contribution is 7.17. The smallest absolute Gasteiger partial charge is 0.286 e. The lowest BCUT2D eigenvalue weighted by Crippen LogP contribution is -2.14. The molecular weight excluding hydrogens is 309 g/mol. The summed E-state index contributed by atoms with van der Waals surface area (Å²) in [6.07, 6.45) is -4.68. The van der Waals surface area contributed by atoms with E-state index in [1.165, 1.54) is 6.07 Å². The summed E-state index contributed by atoms with van der Waals surface area (Å²) < 4.78 is 38.7. The molecule has 0 aromatic carbocycles. The van der Waals surface area contributed by atoms with Crippen LogP contribution in [0.15, 0.2) is 29.0 Å². The van der Waals surface area contributed by atoms with Gasteiger partial charge in [-0.05, 0) is 22.9 Å². The van der Waals surface area contributed by atoms with Crippen molar-refractivity contribution in [1.29, 1.82) is 0 Å². The Labute approximate surface area is 118 Å². The fourth-order valence-corrected chi connectivity index (χ4v) is 3.15. The molecule has 0 amide bonds. The molecule has 0 saturated heterocycles. The van der Waals surface area contributed by atoms with Crippen LogP contribution in [0.25, 0.3) is 10.2 Å². The zero-order chi connectivity index (χ0) is 14.3. The number of fused-ring (bicyclic) bond motifs is 1. The second-order valence-corrected chi connectivity index (χ2v) is 5.70. The van der Waals surface area contributed by atoms with E-state index in [0.29, 0.717) is 9.58 Å². The number of carbonyl (C=O) groups excluding carboxylic acids is 1. The van der Waals surface area contributed by atoms with Crippen LogP contribution >= 0.6 is 22.7 Å². The van der Waals surface area contributed by atoms with E-state index < -0.39 is 17.8 Å². The molecule has 0 fully saturated rings. The largest absolute Gasteiger partial charge is 0.451 e. The predicted octanol–water partition coefficient (Wildman–Crippen LogP) is 4.00.